The van der Waals surface area contributed by atoms with E-state index in [2.05, 4.69) is 13.8 Å². The molecule has 0 aliphatic carbocycles. The second kappa shape index (κ2) is 8.17. The summed E-state index contributed by atoms with van der Waals surface area (Å²) in [6, 6.07) is 5.93. The van der Waals surface area contributed by atoms with Gasteiger partial charge >= 0.3 is 5.97 Å². The summed E-state index contributed by atoms with van der Waals surface area (Å²) in [4.78, 5) is 12.1. The Morgan fingerprint density at radius 3 is 2.29 bits per heavy atom. The first-order valence-corrected chi connectivity index (χ1v) is 9.26. The molecule has 1 aromatic rings. The Balaban J connectivity index is 2.58. The lowest BCUT2D eigenvalue weighted by atomic mass is 9.96. The molecule has 1 atom stereocenters. The molecule has 0 radical (unpaired) electrons. The van der Waals surface area contributed by atoms with Crippen molar-refractivity contribution in [1.82, 2.24) is 0 Å². The van der Waals surface area contributed by atoms with E-state index in [4.69, 9.17) is 4.74 Å². The lowest BCUT2D eigenvalue weighted by Crippen LogP contribution is -2.14. The zero-order valence-corrected chi connectivity index (χ0v) is 13.8. The highest BCUT2D eigenvalue weighted by atomic mass is 32.2. The Morgan fingerprint density at radius 2 is 1.81 bits per heavy atom. The van der Waals surface area contributed by atoms with Gasteiger partial charge in [-0.1, -0.05) is 33.1 Å². The van der Waals surface area contributed by atoms with Gasteiger partial charge in [0.1, 0.15) is 5.75 Å². The normalized spacial score (nSPS) is 12.9. The lowest BCUT2D eigenvalue weighted by Gasteiger charge is -2.13. The van der Waals surface area contributed by atoms with Crippen LogP contribution in [0.1, 0.15) is 46.0 Å². The maximum absolute atomic E-state index is 11.9. The van der Waals surface area contributed by atoms with Crippen LogP contribution in [-0.2, 0) is 14.6 Å². The summed E-state index contributed by atoms with van der Waals surface area (Å²) in [5, 5.41) is 0. The van der Waals surface area contributed by atoms with Crippen molar-refractivity contribution >= 4 is 15.8 Å². The monoisotopic (exact) mass is 312 g/mol. The van der Waals surface area contributed by atoms with E-state index < -0.39 is 9.84 Å². The minimum absolute atomic E-state index is 0.219. The Bertz CT molecular complexity index is 546. The Kier molecular flexibility index (Phi) is 6.89. The summed E-state index contributed by atoms with van der Waals surface area (Å²) in [6.45, 7) is 4.21. The molecule has 0 aromatic heterocycles. The van der Waals surface area contributed by atoms with Gasteiger partial charge in [-0.15, -0.1) is 0 Å². The molecule has 0 aliphatic rings. The molecule has 0 heterocycles. The molecule has 4 nitrogen and oxygen atoms in total. The van der Waals surface area contributed by atoms with E-state index in [1.807, 2.05) is 0 Å². The van der Waals surface area contributed by atoms with Gasteiger partial charge in [0, 0.05) is 12.7 Å². The fourth-order valence-corrected chi connectivity index (χ4v) is 2.74. The van der Waals surface area contributed by atoms with E-state index in [1.54, 1.807) is 0 Å². The van der Waals surface area contributed by atoms with Gasteiger partial charge in [-0.05, 0) is 36.6 Å². The third kappa shape index (κ3) is 6.29. The van der Waals surface area contributed by atoms with Crippen LogP contribution in [0.4, 0.5) is 0 Å². The smallest absolute Gasteiger partial charge is 0.311 e. The highest BCUT2D eigenvalue weighted by molar-refractivity contribution is 7.90. The molecule has 1 rings (SSSR count). The lowest BCUT2D eigenvalue weighted by molar-refractivity contribution is -0.135. The van der Waals surface area contributed by atoms with Crippen LogP contribution < -0.4 is 4.74 Å². The first kappa shape index (κ1) is 17.7. The van der Waals surface area contributed by atoms with E-state index in [0.717, 1.165) is 31.9 Å². The first-order chi connectivity index (χ1) is 9.86. The number of unbranched alkanes of at least 4 members (excludes halogenated alkanes) is 1. The highest BCUT2D eigenvalue weighted by Crippen LogP contribution is 2.20. The van der Waals surface area contributed by atoms with Gasteiger partial charge < -0.3 is 4.74 Å². The van der Waals surface area contributed by atoms with Gasteiger partial charge in [0.15, 0.2) is 9.84 Å². The average molecular weight is 312 g/mol. The highest BCUT2D eigenvalue weighted by Gasteiger charge is 2.14. The minimum Gasteiger partial charge on any atom is -0.427 e. The van der Waals surface area contributed by atoms with Crippen molar-refractivity contribution in [2.24, 2.45) is 5.92 Å². The van der Waals surface area contributed by atoms with Crippen LogP contribution >= 0.6 is 0 Å². The van der Waals surface area contributed by atoms with Gasteiger partial charge in [-0.25, -0.2) is 8.42 Å². The Hall–Kier alpha value is -1.36. The molecule has 0 N–H and O–H groups in total. The third-order valence-electron chi connectivity index (χ3n) is 3.48. The topological polar surface area (TPSA) is 60.4 Å². The molecule has 21 heavy (non-hydrogen) atoms. The largest absolute Gasteiger partial charge is 0.427 e. The van der Waals surface area contributed by atoms with Gasteiger partial charge in [-0.2, -0.15) is 0 Å². The van der Waals surface area contributed by atoms with Crippen molar-refractivity contribution in [2.75, 3.05) is 6.26 Å². The molecular weight excluding hydrogens is 288 g/mol. The Morgan fingerprint density at radius 1 is 1.19 bits per heavy atom. The Labute approximate surface area is 127 Å². The predicted molar refractivity (Wildman–Crippen MR) is 83.1 cm³/mol. The summed E-state index contributed by atoms with van der Waals surface area (Å²) in [5.74, 6) is 0.482. The standard InChI is InChI=1S/C16H24O4S/c1-4-6-7-13(5-2)12-16(17)20-14-8-10-15(11-9-14)21(3,18)19/h8-11,13H,4-7,12H2,1-3H3. The molecule has 0 saturated carbocycles. The number of ether oxygens (including phenoxy) is 1. The molecule has 0 amide bonds. The fourth-order valence-electron chi connectivity index (χ4n) is 2.11. The van der Waals surface area contributed by atoms with Crippen LogP contribution in [0, 0.1) is 5.92 Å². The first-order valence-electron chi connectivity index (χ1n) is 7.37. The molecule has 0 bridgehead atoms. The molecule has 118 valence electrons. The van der Waals surface area contributed by atoms with Crippen molar-refractivity contribution in [1.29, 1.82) is 0 Å². The molecule has 0 fully saturated rings. The van der Waals surface area contributed by atoms with Crippen molar-refractivity contribution in [3.8, 4) is 5.75 Å². The van der Waals surface area contributed by atoms with Crippen LogP contribution in [0.15, 0.2) is 29.2 Å². The number of carbonyl (C=O) groups is 1. The van der Waals surface area contributed by atoms with Crippen LogP contribution in [-0.4, -0.2) is 20.6 Å². The van der Waals surface area contributed by atoms with E-state index in [-0.39, 0.29) is 10.9 Å². The molecule has 0 saturated heterocycles. The number of hydrogen-bond donors (Lipinski definition) is 0. The predicted octanol–water partition coefficient (Wildman–Crippen LogP) is 3.60. The molecule has 0 aliphatic heterocycles. The SMILES string of the molecule is CCCCC(CC)CC(=O)Oc1ccc(S(C)(=O)=O)cc1. The second-order valence-electron chi connectivity index (χ2n) is 5.34. The van der Waals surface area contributed by atoms with Crippen molar-refractivity contribution in [2.45, 2.75) is 50.8 Å². The van der Waals surface area contributed by atoms with Gasteiger partial charge in [0.25, 0.3) is 0 Å². The van der Waals surface area contributed by atoms with Crippen molar-refractivity contribution in [3.63, 3.8) is 0 Å². The number of hydrogen-bond acceptors (Lipinski definition) is 4. The molecule has 1 aromatic carbocycles. The number of rotatable bonds is 8. The molecule has 1 unspecified atom stereocenters. The molecular formula is C16H24O4S. The third-order valence-corrected chi connectivity index (χ3v) is 4.61. The van der Waals surface area contributed by atoms with E-state index in [1.165, 1.54) is 24.3 Å². The van der Waals surface area contributed by atoms with Crippen LogP contribution in [0.2, 0.25) is 0 Å². The van der Waals surface area contributed by atoms with Crippen LogP contribution in [0.25, 0.3) is 0 Å². The zero-order chi connectivity index (χ0) is 15.9. The van der Waals surface area contributed by atoms with E-state index >= 15 is 0 Å². The maximum atomic E-state index is 11.9. The number of esters is 1. The summed E-state index contributed by atoms with van der Waals surface area (Å²) in [7, 11) is -3.22. The van der Waals surface area contributed by atoms with Crippen molar-refractivity contribution < 1.29 is 17.9 Å². The maximum Gasteiger partial charge on any atom is 0.311 e. The minimum atomic E-state index is -3.22. The average Bonchev–Trinajstić information content (AvgIpc) is 2.43. The number of benzene rings is 1. The van der Waals surface area contributed by atoms with E-state index in [9.17, 15) is 13.2 Å². The van der Waals surface area contributed by atoms with E-state index in [0.29, 0.717) is 18.1 Å². The fraction of sp³-hybridized carbons (Fsp3) is 0.562. The van der Waals surface area contributed by atoms with Gasteiger partial charge in [-0.3, -0.25) is 4.79 Å². The van der Waals surface area contributed by atoms with Gasteiger partial charge in [0.2, 0.25) is 0 Å². The quantitative estimate of drug-likeness (QED) is 0.543. The molecule has 0 spiro atoms. The summed E-state index contributed by atoms with van der Waals surface area (Å²) < 4.78 is 27.9. The zero-order valence-electron chi connectivity index (χ0n) is 13.0. The van der Waals surface area contributed by atoms with Gasteiger partial charge in [0.05, 0.1) is 4.90 Å². The molecule has 5 heteroatoms. The number of carbonyl (C=O) groups excluding carboxylic acids is 1. The summed E-state index contributed by atoms with van der Waals surface area (Å²) >= 11 is 0. The van der Waals surface area contributed by atoms with Crippen LogP contribution in [0.3, 0.4) is 0 Å². The number of sulfone groups is 1. The summed E-state index contributed by atoms with van der Waals surface area (Å²) in [5.41, 5.74) is 0. The van der Waals surface area contributed by atoms with Crippen molar-refractivity contribution in [3.05, 3.63) is 24.3 Å². The van der Waals surface area contributed by atoms with Crippen LogP contribution in [0.5, 0.6) is 5.75 Å². The summed E-state index contributed by atoms with van der Waals surface area (Å²) in [6.07, 6.45) is 5.79. The second-order valence-corrected chi connectivity index (χ2v) is 7.35.